The molecule has 6 nitrogen and oxygen atoms in total. The van der Waals surface area contributed by atoms with E-state index >= 15 is 0 Å². The average molecular weight is 329 g/mol. The lowest BCUT2D eigenvalue weighted by atomic mass is 10.1. The molecule has 0 spiro atoms. The number of amides is 1. The normalized spacial score (nSPS) is 17.0. The second kappa shape index (κ2) is 6.42. The van der Waals surface area contributed by atoms with E-state index in [0.29, 0.717) is 5.92 Å². The molecular weight excluding hydrogens is 302 g/mol. The first kappa shape index (κ1) is 16.7. The number of nitrogens with zero attached hydrogens (tertiary/aromatic N) is 4. The van der Waals surface area contributed by atoms with Crippen molar-refractivity contribution < 1.29 is 4.79 Å². The number of aryl methyl sites for hydroxylation is 1. The highest BCUT2D eigenvalue weighted by molar-refractivity contribution is 5.80. The number of aromatic nitrogens is 4. The van der Waals surface area contributed by atoms with Crippen LogP contribution >= 0.6 is 0 Å². The van der Waals surface area contributed by atoms with Crippen LogP contribution in [0, 0.1) is 12.3 Å². The van der Waals surface area contributed by atoms with E-state index in [0.717, 1.165) is 37.6 Å². The van der Waals surface area contributed by atoms with Gasteiger partial charge in [-0.05, 0) is 26.7 Å². The fraction of sp³-hybridized carbons (Fsp3) is 0.611. The highest BCUT2D eigenvalue weighted by Gasteiger charge is 2.43. The van der Waals surface area contributed by atoms with E-state index in [2.05, 4.69) is 33.7 Å². The number of nitrogens with one attached hydrogen (secondary N) is 1. The summed E-state index contributed by atoms with van der Waals surface area (Å²) >= 11 is 0. The first-order valence-corrected chi connectivity index (χ1v) is 8.70. The second-order valence-electron chi connectivity index (χ2n) is 7.34. The minimum Gasteiger partial charge on any atom is -0.354 e. The molecule has 0 unspecified atom stereocenters. The Kier molecular flexibility index (Phi) is 4.47. The average Bonchev–Trinajstić information content (AvgIpc) is 2.95. The van der Waals surface area contributed by atoms with Crippen LogP contribution in [-0.4, -0.2) is 31.6 Å². The summed E-state index contributed by atoms with van der Waals surface area (Å²) in [6.07, 6.45) is 9.81. The number of carbonyl (C=O) groups excluding carboxylic acids is 1. The molecule has 2 aromatic rings. The summed E-state index contributed by atoms with van der Waals surface area (Å²) in [5.74, 6) is 2.34. The van der Waals surface area contributed by atoms with E-state index in [4.69, 9.17) is 0 Å². The lowest BCUT2D eigenvalue weighted by molar-refractivity contribution is -0.124. The molecule has 1 atom stereocenters. The van der Waals surface area contributed by atoms with Crippen molar-refractivity contribution in [2.24, 2.45) is 5.41 Å². The van der Waals surface area contributed by atoms with E-state index in [1.807, 2.05) is 37.0 Å². The summed E-state index contributed by atoms with van der Waals surface area (Å²) in [5.41, 5.74) is 0.191. The van der Waals surface area contributed by atoms with Gasteiger partial charge in [-0.15, -0.1) is 0 Å². The first-order chi connectivity index (χ1) is 11.4. The summed E-state index contributed by atoms with van der Waals surface area (Å²) in [4.78, 5) is 21.2. The van der Waals surface area contributed by atoms with Crippen molar-refractivity contribution in [3.05, 3.63) is 36.4 Å². The zero-order valence-electron chi connectivity index (χ0n) is 15.0. The number of rotatable bonds is 7. The predicted molar refractivity (Wildman–Crippen MR) is 92.7 cm³/mol. The molecule has 2 heterocycles. The molecule has 0 radical (unpaired) electrons. The van der Waals surface area contributed by atoms with Gasteiger partial charge in [0.15, 0.2) is 0 Å². The van der Waals surface area contributed by atoms with Gasteiger partial charge in [-0.2, -0.15) is 0 Å². The fourth-order valence-corrected chi connectivity index (χ4v) is 3.15. The van der Waals surface area contributed by atoms with Crippen molar-refractivity contribution in [3.8, 4) is 0 Å². The zero-order valence-corrected chi connectivity index (χ0v) is 15.0. The summed E-state index contributed by atoms with van der Waals surface area (Å²) in [6, 6.07) is -0.240. The van der Waals surface area contributed by atoms with Gasteiger partial charge < -0.3 is 14.5 Å². The van der Waals surface area contributed by atoms with Crippen LogP contribution in [0.5, 0.6) is 0 Å². The molecule has 1 aliphatic carbocycles. The Bertz CT molecular complexity index is 711. The topological polar surface area (TPSA) is 64.7 Å². The number of imidazole rings is 2. The van der Waals surface area contributed by atoms with Crippen molar-refractivity contribution in [2.45, 2.75) is 59.0 Å². The van der Waals surface area contributed by atoms with Gasteiger partial charge in [-0.3, -0.25) is 4.79 Å². The van der Waals surface area contributed by atoms with Crippen LogP contribution in [0.1, 0.15) is 57.2 Å². The van der Waals surface area contributed by atoms with Crippen LogP contribution in [0.15, 0.2) is 24.8 Å². The van der Waals surface area contributed by atoms with Crippen molar-refractivity contribution in [1.29, 1.82) is 0 Å². The molecule has 0 saturated heterocycles. The third kappa shape index (κ3) is 3.37. The molecule has 6 heteroatoms. The molecule has 1 saturated carbocycles. The highest BCUT2D eigenvalue weighted by atomic mass is 16.2. The smallest absolute Gasteiger partial charge is 0.242 e. The molecule has 2 aromatic heterocycles. The lowest BCUT2D eigenvalue weighted by Gasteiger charge is -2.21. The maximum absolute atomic E-state index is 12.6. The van der Waals surface area contributed by atoms with E-state index < -0.39 is 0 Å². The standard InChI is InChI=1S/C18H27N5O/c1-13(2)16-20-8-10-23(16)14(3)17(24)21-11-18(5-6-18)12-22-9-7-19-15(22)4/h7-10,13-14H,5-6,11-12H2,1-4H3,(H,21,24)/t14-/m1/s1. The molecule has 130 valence electrons. The maximum Gasteiger partial charge on any atom is 0.242 e. The Hall–Kier alpha value is -2.11. The minimum atomic E-state index is -0.240. The Balaban J connectivity index is 1.59. The Morgan fingerprint density at radius 1 is 1.25 bits per heavy atom. The third-order valence-electron chi connectivity index (χ3n) is 5.04. The van der Waals surface area contributed by atoms with Gasteiger partial charge in [0.05, 0.1) is 0 Å². The fourth-order valence-electron chi connectivity index (χ4n) is 3.15. The summed E-state index contributed by atoms with van der Waals surface area (Å²) in [5, 5.41) is 3.15. The van der Waals surface area contributed by atoms with Gasteiger partial charge in [-0.1, -0.05) is 13.8 Å². The van der Waals surface area contributed by atoms with Gasteiger partial charge in [0.2, 0.25) is 5.91 Å². The minimum absolute atomic E-state index is 0.0588. The molecule has 0 aromatic carbocycles. The van der Waals surface area contributed by atoms with Crippen molar-refractivity contribution in [1.82, 2.24) is 24.4 Å². The molecular formula is C18H27N5O. The van der Waals surface area contributed by atoms with Crippen LogP contribution in [0.3, 0.4) is 0 Å². The van der Waals surface area contributed by atoms with E-state index in [1.165, 1.54) is 0 Å². The van der Waals surface area contributed by atoms with Crippen LogP contribution in [0.25, 0.3) is 0 Å². The Morgan fingerprint density at radius 2 is 1.96 bits per heavy atom. The molecule has 1 aliphatic rings. The largest absolute Gasteiger partial charge is 0.354 e. The third-order valence-corrected chi connectivity index (χ3v) is 5.04. The number of carbonyl (C=O) groups is 1. The molecule has 0 bridgehead atoms. The highest BCUT2D eigenvalue weighted by Crippen LogP contribution is 2.46. The Morgan fingerprint density at radius 3 is 2.54 bits per heavy atom. The van der Waals surface area contributed by atoms with E-state index in [-0.39, 0.29) is 17.4 Å². The van der Waals surface area contributed by atoms with Crippen molar-refractivity contribution in [2.75, 3.05) is 6.54 Å². The van der Waals surface area contributed by atoms with Gasteiger partial charge in [0, 0.05) is 49.2 Å². The molecule has 24 heavy (non-hydrogen) atoms. The molecule has 1 fully saturated rings. The summed E-state index contributed by atoms with van der Waals surface area (Å²) in [6.45, 7) is 9.78. The molecule has 1 amide bonds. The first-order valence-electron chi connectivity index (χ1n) is 8.70. The SMILES string of the molecule is Cc1nccn1CC1(CNC(=O)[C@@H](C)n2ccnc2C(C)C)CC1. The van der Waals surface area contributed by atoms with Crippen LogP contribution < -0.4 is 5.32 Å². The molecule has 3 rings (SSSR count). The van der Waals surface area contributed by atoms with E-state index in [1.54, 1.807) is 6.20 Å². The Labute approximate surface area is 143 Å². The van der Waals surface area contributed by atoms with Gasteiger partial charge >= 0.3 is 0 Å². The van der Waals surface area contributed by atoms with E-state index in [9.17, 15) is 4.79 Å². The van der Waals surface area contributed by atoms with Crippen LogP contribution in [0.2, 0.25) is 0 Å². The molecule has 1 N–H and O–H groups in total. The lowest BCUT2D eigenvalue weighted by Crippen LogP contribution is -2.37. The quantitative estimate of drug-likeness (QED) is 0.849. The number of hydrogen-bond donors (Lipinski definition) is 1. The van der Waals surface area contributed by atoms with Crippen LogP contribution in [-0.2, 0) is 11.3 Å². The van der Waals surface area contributed by atoms with Gasteiger partial charge in [0.25, 0.3) is 0 Å². The maximum atomic E-state index is 12.6. The summed E-state index contributed by atoms with van der Waals surface area (Å²) < 4.78 is 4.15. The van der Waals surface area contributed by atoms with Gasteiger partial charge in [0.1, 0.15) is 17.7 Å². The summed E-state index contributed by atoms with van der Waals surface area (Å²) in [7, 11) is 0. The second-order valence-corrected chi connectivity index (χ2v) is 7.34. The number of hydrogen-bond acceptors (Lipinski definition) is 3. The predicted octanol–water partition coefficient (Wildman–Crippen LogP) is 2.67. The van der Waals surface area contributed by atoms with Gasteiger partial charge in [-0.25, -0.2) is 9.97 Å². The monoisotopic (exact) mass is 329 g/mol. The van der Waals surface area contributed by atoms with Crippen LogP contribution in [0.4, 0.5) is 0 Å². The zero-order chi connectivity index (χ0) is 17.3. The van der Waals surface area contributed by atoms with Crippen molar-refractivity contribution >= 4 is 5.91 Å². The molecule has 0 aliphatic heterocycles. The van der Waals surface area contributed by atoms with Crippen molar-refractivity contribution in [3.63, 3.8) is 0 Å².